The molecule has 4 nitrogen and oxygen atoms in total. The molecule has 0 spiro atoms. The fourth-order valence-electron chi connectivity index (χ4n) is 2.80. The van der Waals surface area contributed by atoms with E-state index in [-0.39, 0.29) is 5.54 Å². The summed E-state index contributed by atoms with van der Waals surface area (Å²) in [6.07, 6.45) is 3.83. The monoisotopic (exact) mass is 227 g/mol. The highest BCUT2D eigenvalue weighted by atomic mass is 16.5. The summed E-state index contributed by atoms with van der Waals surface area (Å²) >= 11 is 0. The van der Waals surface area contributed by atoms with E-state index in [1.54, 1.807) is 0 Å². The van der Waals surface area contributed by atoms with Gasteiger partial charge in [-0.25, -0.2) is 0 Å². The first-order valence-corrected chi connectivity index (χ1v) is 6.34. The molecule has 2 fully saturated rings. The van der Waals surface area contributed by atoms with Gasteiger partial charge in [0.25, 0.3) is 0 Å². The summed E-state index contributed by atoms with van der Waals surface area (Å²) < 4.78 is 5.39. The van der Waals surface area contributed by atoms with Crippen molar-refractivity contribution in [2.24, 2.45) is 5.73 Å². The Labute approximate surface area is 98.7 Å². The number of likely N-dealkylation sites (tertiary alicyclic amines) is 2. The average Bonchev–Trinajstić information content (AvgIpc) is 2.70. The molecule has 2 saturated heterocycles. The number of rotatable bonds is 3. The van der Waals surface area contributed by atoms with Crippen molar-refractivity contribution in [1.29, 1.82) is 0 Å². The van der Waals surface area contributed by atoms with Crippen LogP contribution in [0.3, 0.4) is 0 Å². The normalized spacial score (nSPS) is 32.1. The van der Waals surface area contributed by atoms with Crippen LogP contribution in [0.4, 0.5) is 0 Å². The maximum absolute atomic E-state index is 6.48. The molecule has 2 aliphatic rings. The summed E-state index contributed by atoms with van der Waals surface area (Å²) in [5, 5.41) is 0. The van der Waals surface area contributed by atoms with E-state index in [1.165, 1.54) is 0 Å². The summed E-state index contributed by atoms with van der Waals surface area (Å²) in [7, 11) is 3.98. The number of methoxy groups -OCH3 is 1. The molecule has 0 aromatic rings. The van der Waals surface area contributed by atoms with Gasteiger partial charge >= 0.3 is 0 Å². The Kier molecular flexibility index (Phi) is 3.85. The minimum Gasteiger partial charge on any atom is -0.380 e. The lowest BCUT2D eigenvalue weighted by Crippen LogP contribution is -2.55. The summed E-state index contributed by atoms with van der Waals surface area (Å²) in [5.74, 6) is 0. The van der Waals surface area contributed by atoms with E-state index in [1.807, 2.05) is 7.11 Å². The van der Waals surface area contributed by atoms with Gasteiger partial charge in [0, 0.05) is 32.3 Å². The molecular weight excluding hydrogens is 202 g/mol. The highest BCUT2D eigenvalue weighted by molar-refractivity contribution is 4.94. The van der Waals surface area contributed by atoms with Crippen molar-refractivity contribution in [1.82, 2.24) is 9.80 Å². The molecule has 4 heteroatoms. The molecule has 1 unspecified atom stereocenters. The van der Waals surface area contributed by atoms with Crippen LogP contribution in [-0.2, 0) is 4.74 Å². The Hall–Kier alpha value is -0.160. The van der Waals surface area contributed by atoms with E-state index in [2.05, 4.69) is 16.8 Å². The van der Waals surface area contributed by atoms with Gasteiger partial charge in [0.15, 0.2) is 0 Å². The second-order valence-electron chi connectivity index (χ2n) is 5.55. The molecule has 0 aromatic heterocycles. The summed E-state index contributed by atoms with van der Waals surface area (Å²) in [5.41, 5.74) is 6.52. The van der Waals surface area contributed by atoms with Crippen LogP contribution < -0.4 is 5.73 Å². The van der Waals surface area contributed by atoms with Crippen LogP contribution >= 0.6 is 0 Å². The van der Waals surface area contributed by atoms with Crippen LogP contribution in [0.1, 0.15) is 19.3 Å². The molecule has 0 amide bonds. The number of ether oxygens (including phenoxy) is 1. The molecule has 0 saturated carbocycles. The molecule has 16 heavy (non-hydrogen) atoms. The van der Waals surface area contributed by atoms with Gasteiger partial charge in [-0.05, 0) is 39.4 Å². The zero-order valence-electron chi connectivity index (χ0n) is 10.6. The number of hydrogen-bond acceptors (Lipinski definition) is 4. The number of piperidine rings is 1. The largest absolute Gasteiger partial charge is 0.380 e. The van der Waals surface area contributed by atoms with Crippen molar-refractivity contribution in [3.8, 4) is 0 Å². The quantitative estimate of drug-likeness (QED) is 0.744. The lowest BCUT2D eigenvalue weighted by Gasteiger charge is -2.40. The van der Waals surface area contributed by atoms with E-state index in [0.29, 0.717) is 6.10 Å². The number of hydrogen-bond donors (Lipinski definition) is 1. The lowest BCUT2D eigenvalue weighted by molar-refractivity contribution is 0.0970. The van der Waals surface area contributed by atoms with Gasteiger partial charge < -0.3 is 15.4 Å². The zero-order valence-corrected chi connectivity index (χ0v) is 10.6. The van der Waals surface area contributed by atoms with Crippen LogP contribution in [0.2, 0.25) is 0 Å². The molecular formula is C12H25N3O. The van der Waals surface area contributed by atoms with Crippen LogP contribution in [0.15, 0.2) is 0 Å². The molecule has 0 aromatic carbocycles. The van der Waals surface area contributed by atoms with Crippen molar-refractivity contribution >= 4 is 0 Å². The predicted octanol–water partition coefficient (Wildman–Crippen LogP) is 0.130. The van der Waals surface area contributed by atoms with Gasteiger partial charge in [0.2, 0.25) is 0 Å². The van der Waals surface area contributed by atoms with Crippen molar-refractivity contribution in [3.05, 3.63) is 0 Å². The maximum Gasteiger partial charge on any atom is 0.0710 e. The number of nitrogens with zero attached hydrogens (tertiary/aromatic N) is 2. The van der Waals surface area contributed by atoms with Crippen molar-refractivity contribution in [2.45, 2.75) is 30.9 Å². The Balaban J connectivity index is 1.80. The first kappa shape index (κ1) is 12.3. The van der Waals surface area contributed by atoms with Gasteiger partial charge in [0.05, 0.1) is 6.10 Å². The molecule has 94 valence electrons. The van der Waals surface area contributed by atoms with E-state index in [4.69, 9.17) is 10.5 Å². The summed E-state index contributed by atoms with van der Waals surface area (Å²) in [6, 6.07) is 0. The fourth-order valence-corrected chi connectivity index (χ4v) is 2.80. The van der Waals surface area contributed by atoms with Crippen molar-refractivity contribution in [3.63, 3.8) is 0 Å². The number of nitrogens with two attached hydrogens (primary N) is 1. The molecule has 2 aliphatic heterocycles. The van der Waals surface area contributed by atoms with Crippen LogP contribution in [-0.4, -0.2) is 68.3 Å². The minimum atomic E-state index is 0.0368. The summed E-state index contributed by atoms with van der Waals surface area (Å²) in [4.78, 5) is 4.84. The third kappa shape index (κ3) is 2.94. The van der Waals surface area contributed by atoms with E-state index < -0.39 is 0 Å². The van der Waals surface area contributed by atoms with E-state index in [0.717, 1.165) is 52.0 Å². The smallest absolute Gasteiger partial charge is 0.0710 e. The molecule has 0 aliphatic carbocycles. The molecule has 2 rings (SSSR count). The molecule has 1 atom stereocenters. The Morgan fingerprint density at radius 1 is 1.31 bits per heavy atom. The molecule has 0 bridgehead atoms. The third-order valence-electron chi connectivity index (χ3n) is 4.08. The molecule has 0 radical (unpaired) electrons. The van der Waals surface area contributed by atoms with Gasteiger partial charge in [-0.15, -0.1) is 0 Å². The zero-order chi connectivity index (χ0) is 11.6. The Morgan fingerprint density at radius 3 is 2.56 bits per heavy atom. The maximum atomic E-state index is 6.48. The van der Waals surface area contributed by atoms with Gasteiger partial charge in [-0.2, -0.15) is 0 Å². The highest BCUT2D eigenvalue weighted by Crippen LogP contribution is 2.22. The lowest BCUT2D eigenvalue weighted by atomic mass is 9.88. The minimum absolute atomic E-state index is 0.0368. The van der Waals surface area contributed by atoms with Gasteiger partial charge in [0.1, 0.15) is 0 Å². The molecule has 2 N–H and O–H groups in total. The average molecular weight is 227 g/mol. The van der Waals surface area contributed by atoms with Crippen LogP contribution in [0, 0.1) is 0 Å². The van der Waals surface area contributed by atoms with Gasteiger partial charge in [-0.3, -0.25) is 4.90 Å². The Morgan fingerprint density at radius 2 is 2.00 bits per heavy atom. The first-order chi connectivity index (χ1) is 7.61. The Bertz CT molecular complexity index is 226. The second kappa shape index (κ2) is 5.00. The van der Waals surface area contributed by atoms with Gasteiger partial charge in [-0.1, -0.05) is 0 Å². The van der Waals surface area contributed by atoms with Crippen molar-refractivity contribution in [2.75, 3.05) is 46.9 Å². The van der Waals surface area contributed by atoms with Crippen molar-refractivity contribution < 1.29 is 4.74 Å². The highest BCUT2D eigenvalue weighted by Gasteiger charge is 2.33. The summed E-state index contributed by atoms with van der Waals surface area (Å²) in [6.45, 7) is 5.52. The predicted molar refractivity (Wildman–Crippen MR) is 65.5 cm³/mol. The first-order valence-electron chi connectivity index (χ1n) is 6.34. The van der Waals surface area contributed by atoms with E-state index >= 15 is 0 Å². The second-order valence-corrected chi connectivity index (χ2v) is 5.55. The topological polar surface area (TPSA) is 41.7 Å². The van der Waals surface area contributed by atoms with Crippen LogP contribution in [0.25, 0.3) is 0 Å². The van der Waals surface area contributed by atoms with E-state index in [9.17, 15) is 0 Å². The third-order valence-corrected chi connectivity index (χ3v) is 4.08. The fraction of sp³-hybridized carbons (Fsp3) is 1.00. The standard InChI is InChI=1S/C12H25N3O/c1-14-7-4-12(13,5-8-14)10-15-6-3-11(9-15)16-2/h11H,3-10,13H2,1-2H3. The molecule has 2 heterocycles. The SMILES string of the molecule is COC1CCN(CC2(N)CCN(C)CC2)C1. The van der Waals surface area contributed by atoms with Crippen LogP contribution in [0.5, 0.6) is 0 Å².